The molecule has 1 aromatic heterocycles. The normalized spacial score (nSPS) is 11.4. The van der Waals surface area contributed by atoms with Crippen LogP contribution in [0.25, 0.3) is 0 Å². The third-order valence-corrected chi connectivity index (χ3v) is 3.31. The van der Waals surface area contributed by atoms with E-state index >= 15 is 0 Å². The Labute approximate surface area is 113 Å². The molecule has 0 saturated heterocycles. The first-order valence-electron chi connectivity index (χ1n) is 5.94. The standard InChI is InChI=1S/C13H21N3OS/c1-8-9(2)14-12(15-10(8)3)18-7-11(17)16-13(4,5)6/h7H2,1-6H3,(H,16,17). The van der Waals surface area contributed by atoms with Crippen LogP contribution in [0.2, 0.25) is 0 Å². The third kappa shape index (κ3) is 4.64. The molecule has 1 amide bonds. The SMILES string of the molecule is Cc1nc(SCC(=O)NC(C)(C)C)nc(C)c1C. The minimum Gasteiger partial charge on any atom is -0.351 e. The van der Waals surface area contributed by atoms with E-state index in [2.05, 4.69) is 15.3 Å². The average Bonchev–Trinajstić information content (AvgIpc) is 2.20. The van der Waals surface area contributed by atoms with Crippen molar-refractivity contribution in [1.82, 2.24) is 15.3 Å². The smallest absolute Gasteiger partial charge is 0.230 e. The molecule has 0 atom stereocenters. The van der Waals surface area contributed by atoms with Gasteiger partial charge in [0.25, 0.3) is 0 Å². The number of amides is 1. The summed E-state index contributed by atoms with van der Waals surface area (Å²) in [7, 11) is 0. The van der Waals surface area contributed by atoms with Gasteiger partial charge in [0.2, 0.25) is 5.91 Å². The van der Waals surface area contributed by atoms with E-state index in [4.69, 9.17) is 0 Å². The van der Waals surface area contributed by atoms with Gasteiger partial charge in [-0.25, -0.2) is 9.97 Å². The van der Waals surface area contributed by atoms with Crippen LogP contribution < -0.4 is 5.32 Å². The van der Waals surface area contributed by atoms with Gasteiger partial charge in [0, 0.05) is 16.9 Å². The molecule has 4 nitrogen and oxygen atoms in total. The Bertz CT molecular complexity index is 429. The highest BCUT2D eigenvalue weighted by molar-refractivity contribution is 7.99. The molecule has 18 heavy (non-hydrogen) atoms. The van der Waals surface area contributed by atoms with Crippen molar-refractivity contribution in [1.29, 1.82) is 0 Å². The lowest BCUT2D eigenvalue weighted by molar-refractivity contribution is -0.119. The number of thioether (sulfide) groups is 1. The monoisotopic (exact) mass is 267 g/mol. The van der Waals surface area contributed by atoms with E-state index in [1.165, 1.54) is 11.8 Å². The molecule has 5 heteroatoms. The summed E-state index contributed by atoms with van der Waals surface area (Å²) >= 11 is 1.37. The highest BCUT2D eigenvalue weighted by atomic mass is 32.2. The number of aromatic nitrogens is 2. The predicted octanol–water partition coefficient (Wildman–Crippen LogP) is 2.41. The maximum absolute atomic E-state index is 11.7. The maximum Gasteiger partial charge on any atom is 0.230 e. The molecule has 1 aromatic rings. The van der Waals surface area contributed by atoms with Crippen LogP contribution >= 0.6 is 11.8 Å². The second-order valence-corrected chi connectivity index (χ2v) is 6.33. The highest BCUT2D eigenvalue weighted by Gasteiger charge is 2.14. The Morgan fingerprint density at radius 3 is 2.11 bits per heavy atom. The largest absolute Gasteiger partial charge is 0.351 e. The molecular weight excluding hydrogens is 246 g/mol. The fourth-order valence-corrected chi connectivity index (χ4v) is 2.13. The van der Waals surface area contributed by atoms with Crippen LogP contribution in [-0.2, 0) is 4.79 Å². The van der Waals surface area contributed by atoms with Crippen LogP contribution in [0.5, 0.6) is 0 Å². The van der Waals surface area contributed by atoms with E-state index in [1.54, 1.807) is 0 Å². The molecule has 0 spiro atoms. The fraction of sp³-hybridized carbons (Fsp3) is 0.615. The molecule has 1 rings (SSSR count). The zero-order valence-electron chi connectivity index (χ0n) is 11.9. The van der Waals surface area contributed by atoms with Crippen LogP contribution in [0, 0.1) is 20.8 Å². The van der Waals surface area contributed by atoms with E-state index in [9.17, 15) is 4.79 Å². The van der Waals surface area contributed by atoms with Crippen molar-refractivity contribution >= 4 is 17.7 Å². The van der Waals surface area contributed by atoms with Crippen molar-refractivity contribution < 1.29 is 4.79 Å². The summed E-state index contributed by atoms with van der Waals surface area (Å²) in [5.41, 5.74) is 2.86. The van der Waals surface area contributed by atoms with Gasteiger partial charge in [0.15, 0.2) is 5.16 Å². The second-order valence-electron chi connectivity index (χ2n) is 5.39. The zero-order chi connectivity index (χ0) is 13.9. The third-order valence-electron chi connectivity index (χ3n) is 2.46. The van der Waals surface area contributed by atoms with E-state index in [0.717, 1.165) is 17.0 Å². The highest BCUT2D eigenvalue weighted by Crippen LogP contribution is 2.17. The Hall–Kier alpha value is -1.10. The van der Waals surface area contributed by atoms with E-state index in [1.807, 2.05) is 41.5 Å². The van der Waals surface area contributed by atoms with Crippen molar-refractivity contribution in [3.05, 3.63) is 17.0 Å². The number of hydrogen-bond donors (Lipinski definition) is 1. The van der Waals surface area contributed by atoms with E-state index in [-0.39, 0.29) is 11.4 Å². The summed E-state index contributed by atoms with van der Waals surface area (Å²) in [4.78, 5) is 20.4. The summed E-state index contributed by atoms with van der Waals surface area (Å²) in [6.07, 6.45) is 0. The Morgan fingerprint density at radius 1 is 1.17 bits per heavy atom. The lowest BCUT2D eigenvalue weighted by Crippen LogP contribution is -2.41. The van der Waals surface area contributed by atoms with E-state index in [0.29, 0.717) is 10.9 Å². The topological polar surface area (TPSA) is 54.9 Å². The molecule has 0 aromatic carbocycles. The van der Waals surface area contributed by atoms with Gasteiger partial charge < -0.3 is 5.32 Å². The minimum absolute atomic E-state index is 0.00646. The molecule has 0 aliphatic carbocycles. The zero-order valence-corrected chi connectivity index (χ0v) is 12.7. The summed E-state index contributed by atoms with van der Waals surface area (Å²) in [6, 6.07) is 0. The number of carbonyl (C=O) groups excluding carboxylic acids is 1. The van der Waals surface area contributed by atoms with Gasteiger partial charge >= 0.3 is 0 Å². The van der Waals surface area contributed by atoms with Gasteiger partial charge in [-0.2, -0.15) is 0 Å². The van der Waals surface area contributed by atoms with Crippen molar-refractivity contribution in [3.8, 4) is 0 Å². The minimum atomic E-state index is -0.197. The molecule has 100 valence electrons. The number of nitrogens with one attached hydrogen (secondary N) is 1. The van der Waals surface area contributed by atoms with Gasteiger partial charge in [-0.05, 0) is 47.1 Å². The van der Waals surface area contributed by atoms with Crippen LogP contribution in [-0.4, -0.2) is 27.2 Å². The van der Waals surface area contributed by atoms with Crippen molar-refractivity contribution in [2.24, 2.45) is 0 Å². The summed E-state index contributed by atoms with van der Waals surface area (Å²) in [5.74, 6) is 0.353. The summed E-state index contributed by atoms with van der Waals surface area (Å²) in [6.45, 7) is 11.8. The van der Waals surface area contributed by atoms with Gasteiger partial charge in [-0.1, -0.05) is 11.8 Å². The second kappa shape index (κ2) is 5.69. The van der Waals surface area contributed by atoms with Crippen molar-refractivity contribution in [2.75, 3.05) is 5.75 Å². The first kappa shape index (κ1) is 15.0. The lowest BCUT2D eigenvalue weighted by atomic mass is 10.1. The maximum atomic E-state index is 11.7. The van der Waals surface area contributed by atoms with Gasteiger partial charge in [-0.3, -0.25) is 4.79 Å². The quantitative estimate of drug-likeness (QED) is 0.675. The molecule has 0 radical (unpaired) electrons. The molecule has 0 aliphatic heterocycles. The molecule has 1 heterocycles. The number of nitrogens with zero attached hydrogens (tertiary/aromatic N) is 2. The number of aryl methyl sites for hydroxylation is 2. The lowest BCUT2D eigenvalue weighted by Gasteiger charge is -2.20. The molecule has 0 fully saturated rings. The van der Waals surface area contributed by atoms with Gasteiger partial charge in [0.05, 0.1) is 5.75 Å². The van der Waals surface area contributed by atoms with Crippen LogP contribution in [0.1, 0.15) is 37.7 Å². The van der Waals surface area contributed by atoms with Crippen LogP contribution in [0.15, 0.2) is 5.16 Å². The molecule has 1 N–H and O–H groups in total. The van der Waals surface area contributed by atoms with Crippen LogP contribution in [0.4, 0.5) is 0 Å². The predicted molar refractivity (Wildman–Crippen MR) is 74.9 cm³/mol. The Morgan fingerprint density at radius 2 is 1.67 bits per heavy atom. The van der Waals surface area contributed by atoms with Gasteiger partial charge in [-0.15, -0.1) is 0 Å². The number of hydrogen-bond acceptors (Lipinski definition) is 4. The summed E-state index contributed by atoms with van der Waals surface area (Å²) in [5, 5.41) is 3.58. The molecular formula is C13H21N3OS. The Kier molecular flexibility index (Phi) is 4.73. The Balaban J connectivity index is 2.62. The molecule has 0 unspecified atom stereocenters. The molecule has 0 saturated carbocycles. The first-order chi connectivity index (χ1) is 8.19. The van der Waals surface area contributed by atoms with E-state index < -0.39 is 0 Å². The van der Waals surface area contributed by atoms with Crippen molar-refractivity contribution in [3.63, 3.8) is 0 Å². The average molecular weight is 267 g/mol. The first-order valence-corrected chi connectivity index (χ1v) is 6.93. The molecule has 0 bridgehead atoms. The van der Waals surface area contributed by atoms with Crippen molar-refractivity contribution in [2.45, 2.75) is 52.2 Å². The number of carbonyl (C=O) groups is 1. The van der Waals surface area contributed by atoms with Crippen LogP contribution in [0.3, 0.4) is 0 Å². The van der Waals surface area contributed by atoms with Gasteiger partial charge in [0.1, 0.15) is 0 Å². The summed E-state index contributed by atoms with van der Waals surface area (Å²) < 4.78 is 0. The fourth-order valence-electron chi connectivity index (χ4n) is 1.39. The number of rotatable bonds is 3. The molecule has 0 aliphatic rings.